The molecule has 1 aromatic rings. The SMILES string of the molecule is CC(=O)Nc1ccc(OCC(O)CN2C(C)CCCC2C)cc1.Cl. The van der Waals surface area contributed by atoms with Gasteiger partial charge in [-0.15, -0.1) is 12.4 Å². The van der Waals surface area contributed by atoms with E-state index >= 15 is 0 Å². The van der Waals surface area contributed by atoms with E-state index in [1.165, 1.54) is 26.2 Å². The van der Waals surface area contributed by atoms with Gasteiger partial charge in [0.15, 0.2) is 0 Å². The molecule has 3 atom stereocenters. The highest BCUT2D eigenvalue weighted by molar-refractivity contribution is 5.88. The third-order valence-electron chi connectivity index (χ3n) is 4.41. The first-order chi connectivity index (χ1) is 11.0. The number of anilines is 1. The van der Waals surface area contributed by atoms with Crippen molar-refractivity contribution in [3.8, 4) is 5.75 Å². The largest absolute Gasteiger partial charge is 0.491 e. The van der Waals surface area contributed by atoms with E-state index in [9.17, 15) is 9.90 Å². The minimum atomic E-state index is -0.506. The van der Waals surface area contributed by atoms with Gasteiger partial charge in [0, 0.05) is 31.2 Å². The molecule has 0 bridgehead atoms. The number of piperidine rings is 1. The van der Waals surface area contributed by atoms with E-state index in [4.69, 9.17) is 4.74 Å². The molecule has 1 aliphatic rings. The van der Waals surface area contributed by atoms with Gasteiger partial charge < -0.3 is 15.2 Å². The van der Waals surface area contributed by atoms with Gasteiger partial charge in [-0.1, -0.05) is 6.42 Å². The quantitative estimate of drug-likeness (QED) is 0.822. The highest BCUT2D eigenvalue weighted by Crippen LogP contribution is 2.22. The molecule has 2 N–H and O–H groups in total. The Morgan fingerprint density at radius 1 is 1.29 bits per heavy atom. The topological polar surface area (TPSA) is 61.8 Å². The number of carbonyl (C=O) groups excluding carboxylic acids is 1. The molecule has 0 spiro atoms. The zero-order chi connectivity index (χ0) is 16.8. The van der Waals surface area contributed by atoms with Crippen LogP contribution in [0.15, 0.2) is 24.3 Å². The number of halogens is 1. The van der Waals surface area contributed by atoms with Gasteiger partial charge in [0.2, 0.25) is 5.91 Å². The Kier molecular flexibility index (Phi) is 8.53. The Hall–Kier alpha value is -1.30. The molecule has 1 heterocycles. The number of β-amino-alcohol motifs (C(OH)–C–C–N with tert-alkyl or cyclic N) is 1. The number of aliphatic hydroxyl groups excluding tert-OH is 1. The molecule has 1 fully saturated rings. The van der Waals surface area contributed by atoms with Crippen LogP contribution in [0.4, 0.5) is 5.69 Å². The van der Waals surface area contributed by atoms with Gasteiger partial charge in [-0.3, -0.25) is 9.69 Å². The Morgan fingerprint density at radius 3 is 2.42 bits per heavy atom. The van der Waals surface area contributed by atoms with Crippen LogP contribution in [0.1, 0.15) is 40.0 Å². The van der Waals surface area contributed by atoms with E-state index in [0.717, 1.165) is 5.69 Å². The van der Waals surface area contributed by atoms with Crippen molar-refractivity contribution in [2.45, 2.75) is 58.2 Å². The number of hydrogen-bond acceptors (Lipinski definition) is 4. The molecule has 0 radical (unpaired) electrons. The summed E-state index contributed by atoms with van der Waals surface area (Å²) < 4.78 is 5.65. The molecule has 2 rings (SSSR count). The molecule has 0 aliphatic carbocycles. The van der Waals surface area contributed by atoms with Gasteiger partial charge in [-0.05, 0) is 51.0 Å². The first-order valence-electron chi connectivity index (χ1n) is 8.40. The molecule has 5 nitrogen and oxygen atoms in total. The van der Waals surface area contributed by atoms with Crippen LogP contribution in [0.25, 0.3) is 0 Å². The molecule has 24 heavy (non-hydrogen) atoms. The van der Waals surface area contributed by atoms with E-state index in [-0.39, 0.29) is 24.9 Å². The van der Waals surface area contributed by atoms with Crippen molar-refractivity contribution in [3.05, 3.63) is 24.3 Å². The minimum absolute atomic E-state index is 0. The van der Waals surface area contributed by atoms with Gasteiger partial charge >= 0.3 is 0 Å². The highest BCUT2D eigenvalue weighted by Gasteiger charge is 2.26. The average Bonchev–Trinajstić information content (AvgIpc) is 2.50. The van der Waals surface area contributed by atoms with Crippen molar-refractivity contribution < 1.29 is 14.6 Å². The number of nitrogens with zero attached hydrogens (tertiary/aromatic N) is 1. The normalized spacial score (nSPS) is 22.3. The van der Waals surface area contributed by atoms with Crippen LogP contribution in [0.5, 0.6) is 5.75 Å². The third-order valence-corrected chi connectivity index (χ3v) is 4.41. The summed E-state index contributed by atoms with van der Waals surface area (Å²) in [7, 11) is 0. The zero-order valence-electron chi connectivity index (χ0n) is 14.7. The first kappa shape index (κ1) is 20.7. The molecule has 1 saturated heterocycles. The van der Waals surface area contributed by atoms with E-state index < -0.39 is 6.10 Å². The second kappa shape index (κ2) is 9.87. The number of ether oxygens (including phenoxy) is 1. The van der Waals surface area contributed by atoms with Gasteiger partial charge in [0.05, 0.1) is 0 Å². The number of likely N-dealkylation sites (tertiary alicyclic amines) is 1. The third kappa shape index (κ3) is 6.30. The van der Waals surface area contributed by atoms with Gasteiger partial charge in [0.1, 0.15) is 18.5 Å². The summed E-state index contributed by atoms with van der Waals surface area (Å²) in [6, 6.07) is 8.21. The summed E-state index contributed by atoms with van der Waals surface area (Å²) in [4.78, 5) is 13.3. The van der Waals surface area contributed by atoms with Crippen LogP contribution >= 0.6 is 12.4 Å². The van der Waals surface area contributed by atoms with Gasteiger partial charge in [-0.2, -0.15) is 0 Å². The second-order valence-electron chi connectivity index (χ2n) is 6.50. The summed E-state index contributed by atoms with van der Waals surface area (Å²) in [5.74, 6) is 0.594. The zero-order valence-corrected chi connectivity index (χ0v) is 15.5. The lowest BCUT2D eigenvalue weighted by atomic mass is 9.97. The second-order valence-corrected chi connectivity index (χ2v) is 6.50. The lowest BCUT2D eigenvalue weighted by Crippen LogP contribution is -2.48. The molecular weight excluding hydrogens is 328 g/mol. The fourth-order valence-electron chi connectivity index (χ4n) is 3.16. The van der Waals surface area contributed by atoms with Gasteiger partial charge in [-0.25, -0.2) is 0 Å². The molecule has 0 aromatic heterocycles. The monoisotopic (exact) mass is 356 g/mol. The number of hydrogen-bond donors (Lipinski definition) is 2. The molecule has 1 aromatic carbocycles. The summed E-state index contributed by atoms with van der Waals surface area (Å²) in [6.07, 6.45) is 3.16. The van der Waals surface area contributed by atoms with Crippen LogP contribution < -0.4 is 10.1 Å². The molecule has 1 aliphatic heterocycles. The van der Waals surface area contributed by atoms with Crippen molar-refractivity contribution in [1.29, 1.82) is 0 Å². The van der Waals surface area contributed by atoms with Gasteiger partial charge in [0.25, 0.3) is 0 Å². The van der Waals surface area contributed by atoms with Crippen LogP contribution in [-0.4, -0.2) is 47.3 Å². The van der Waals surface area contributed by atoms with Crippen molar-refractivity contribution >= 4 is 24.0 Å². The molecule has 0 saturated carbocycles. The number of aliphatic hydroxyl groups is 1. The summed E-state index contributed by atoms with van der Waals surface area (Å²) in [6.45, 7) is 6.85. The summed E-state index contributed by atoms with van der Waals surface area (Å²) in [5.41, 5.74) is 0.737. The average molecular weight is 357 g/mol. The highest BCUT2D eigenvalue weighted by atomic mass is 35.5. The van der Waals surface area contributed by atoms with Crippen molar-refractivity contribution in [1.82, 2.24) is 4.90 Å². The van der Waals surface area contributed by atoms with Crippen LogP contribution in [0.3, 0.4) is 0 Å². The Morgan fingerprint density at radius 2 is 1.88 bits per heavy atom. The van der Waals surface area contributed by atoms with Crippen molar-refractivity contribution in [2.24, 2.45) is 0 Å². The molecular formula is C18H29ClN2O3. The van der Waals surface area contributed by atoms with E-state index in [1.54, 1.807) is 24.3 Å². The number of carbonyl (C=O) groups is 1. The number of amides is 1. The predicted octanol–water partition coefficient (Wildman–Crippen LogP) is 3.07. The van der Waals surface area contributed by atoms with Crippen LogP contribution in [0, 0.1) is 0 Å². The Bertz CT molecular complexity index is 499. The standard InChI is InChI=1S/C18H28N2O3.ClH/c1-13-5-4-6-14(2)20(13)11-17(22)12-23-18-9-7-16(8-10-18)19-15(3)21;/h7-10,13-14,17,22H,4-6,11-12H2,1-3H3,(H,19,21);1H. The Balaban J connectivity index is 0.00000288. The van der Waals surface area contributed by atoms with Crippen LogP contribution in [0.2, 0.25) is 0 Å². The number of benzene rings is 1. The van der Waals surface area contributed by atoms with E-state index in [1.807, 2.05) is 0 Å². The first-order valence-corrected chi connectivity index (χ1v) is 8.40. The summed E-state index contributed by atoms with van der Waals surface area (Å²) >= 11 is 0. The molecule has 6 heteroatoms. The number of rotatable bonds is 6. The predicted molar refractivity (Wildman–Crippen MR) is 99.0 cm³/mol. The van der Waals surface area contributed by atoms with Crippen molar-refractivity contribution in [3.63, 3.8) is 0 Å². The lowest BCUT2D eigenvalue weighted by Gasteiger charge is -2.40. The van der Waals surface area contributed by atoms with Crippen molar-refractivity contribution in [2.75, 3.05) is 18.5 Å². The van der Waals surface area contributed by atoms with E-state index in [0.29, 0.717) is 24.4 Å². The fourth-order valence-corrected chi connectivity index (χ4v) is 3.16. The lowest BCUT2D eigenvalue weighted by molar-refractivity contribution is -0.114. The minimum Gasteiger partial charge on any atom is -0.491 e. The molecule has 1 amide bonds. The smallest absolute Gasteiger partial charge is 0.221 e. The maximum absolute atomic E-state index is 11.0. The molecule has 3 unspecified atom stereocenters. The summed E-state index contributed by atoms with van der Waals surface area (Å²) in [5, 5.41) is 13.0. The Labute approximate surface area is 150 Å². The van der Waals surface area contributed by atoms with E-state index in [2.05, 4.69) is 24.1 Å². The maximum Gasteiger partial charge on any atom is 0.221 e. The fraction of sp³-hybridized carbons (Fsp3) is 0.611. The maximum atomic E-state index is 11.0. The molecule has 136 valence electrons. The van der Waals surface area contributed by atoms with Crippen LogP contribution in [-0.2, 0) is 4.79 Å². The number of nitrogens with one attached hydrogen (secondary N) is 1.